The summed E-state index contributed by atoms with van der Waals surface area (Å²) in [7, 11) is 0. The lowest BCUT2D eigenvalue weighted by molar-refractivity contribution is 0.0698. The number of carbonyl (C=O) groups is 2. The topological polar surface area (TPSA) is 67.3 Å². The van der Waals surface area contributed by atoms with Crippen molar-refractivity contribution in [1.82, 2.24) is 4.98 Å². The van der Waals surface area contributed by atoms with Crippen LogP contribution in [0.5, 0.6) is 0 Å². The monoisotopic (exact) mass is 215 g/mol. The van der Waals surface area contributed by atoms with Gasteiger partial charge in [-0.3, -0.25) is 4.79 Å². The van der Waals surface area contributed by atoms with Crippen LogP contribution in [0.15, 0.2) is 24.3 Å². The van der Waals surface area contributed by atoms with Gasteiger partial charge >= 0.3 is 5.97 Å². The maximum Gasteiger partial charge on any atom is 0.336 e. The van der Waals surface area contributed by atoms with E-state index in [-0.39, 0.29) is 11.3 Å². The Balaban J connectivity index is 2.96. The molecule has 0 aliphatic heterocycles. The van der Waals surface area contributed by atoms with Crippen LogP contribution in [0.25, 0.3) is 10.9 Å². The molecule has 4 heteroatoms. The fourth-order valence-electron chi connectivity index (χ4n) is 1.72. The van der Waals surface area contributed by atoms with Gasteiger partial charge in [-0.05, 0) is 18.6 Å². The second-order valence-corrected chi connectivity index (χ2v) is 3.44. The number of aldehydes is 1. The van der Waals surface area contributed by atoms with E-state index in [4.69, 9.17) is 5.11 Å². The Morgan fingerprint density at radius 1 is 1.38 bits per heavy atom. The number of hydrogen-bond acceptors (Lipinski definition) is 3. The summed E-state index contributed by atoms with van der Waals surface area (Å²) in [6.07, 6.45) is 0.578. The van der Waals surface area contributed by atoms with Gasteiger partial charge in [0.05, 0.1) is 11.1 Å². The van der Waals surface area contributed by atoms with Gasteiger partial charge in [-0.15, -0.1) is 0 Å². The average molecular weight is 215 g/mol. The molecule has 1 aromatic carbocycles. The number of carbonyl (C=O) groups excluding carboxylic acids is 1. The van der Waals surface area contributed by atoms with Crippen molar-refractivity contribution in [3.63, 3.8) is 0 Å². The van der Waals surface area contributed by atoms with Gasteiger partial charge in [0, 0.05) is 5.39 Å². The Kier molecular flexibility index (Phi) is 2.40. The average Bonchev–Trinajstić information content (AvgIpc) is 2.27. The SMILES string of the molecule is Cc1c(C=O)nc2ccccc2c1C(=O)O. The van der Waals surface area contributed by atoms with Crippen molar-refractivity contribution >= 4 is 23.2 Å². The zero-order chi connectivity index (χ0) is 11.7. The lowest BCUT2D eigenvalue weighted by Gasteiger charge is -2.07. The second-order valence-electron chi connectivity index (χ2n) is 3.44. The Labute approximate surface area is 91.5 Å². The van der Waals surface area contributed by atoms with Crippen LogP contribution in [-0.4, -0.2) is 22.3 Å². The van der Waals surface area contributed by atoms with Gasteiger partial charge in [0.1, 0.15) is 5.69 Å². The van der Waals surface area contributed by atoms with Crippen LogP contribution in [0.1, 0.15) is 26.4 Å². The van der Waals surface area contributed by atoms with Crippen molar-refractivity contribution in [2.45, 2.75) is 6.92 Å². The summed E-state index contributed by atoms with van der Waals surface area (Å²) < 4.78 is 0. The van der Waals surface area contributed by atoms with Gasteiger partial charge in [-0.25, -0.2) is 9.78 Å². The highest BCUT2D eigenvalue weighted by Crippen LogP contribution is 2.22. The Hall–Kier alpha value is -2.23. The van der Waals surface area contributed by atoms with Gasteiger partial charge in [-0.2, -0.15) is 0 Å². The van der Waals surface area contributed by atoms with Crippen LogP contribution in [0.4, 0.5) is 0 Å². The lowest BCUT2D eigenvalue weighted by Crippen LogP contribution is -2.06. The third-order valence-electron chi connectivity index (χ3n) is 2.50. The van der Waals surface area contributed by atoms with Gasteiger partial charge < -0.3 is 5.11 Å². The number of hydrogen-bond donors (Lipinski definition) is 1. The molecule has 1 heterocycles. The first-order valence-corrected chi connectivity index (χ1v) is 4.73. The minimum absolute atomic E-state index is 0.146. The number of pyridine rings is 1. The summed E-state index contributed by atoms with van der Waals surface area (Å²) in [4.78, 5) is 26.1. The molecule has 0 aliphatic rings. The van der Waals surface area contributed by atoms with Gasteiger partial charge in [-0.1, -0.05) is 18.2 Å². The molecule has 2 rings (SSSR count). The Morgan fingerprint density at radius 2 is 2.06 bits per heavy atom. The number of fused-ring (bicyclic) bond motifs is 1. The van der Waals surface area contributed by atoms with Crippen LogP contribution in [-0.2, 0) is 0 Å². The smallest absolute Gasteiger partial charge is 0.336 e. The van der Waals surface area contributed by atoms with Gasteiger partial charge in [0.2, 0.25) is 0 Å². The molecule has 80 valence electrons. The molecule has 1 aromatic heterocycles. The number of carboxylic acids is 1. The molecule has 0 saturated carbocycles. The zero-order valence-corrected chi connectivity index (χ0v) is 8.60. The Bertz CT molecular complexity index is 590. The maximum atomic E-state index is 11.2. The van der Waals surface area contributed by atoms with Crippen molar-refractivity contribution in [2.75, 3.05) is 0 Å². The van der Waals surface area contributed by atoms with E-state index < -0.39 is 5.97 Å². The number of aromatic carboxylic acids is 1. The summed E-state index contributed by atoms with van der Waals surface area (Å²) in [5, 5.41) is 9.69. The quantitative estimate of drug-likeness (QED) is 0.778. The number of carboxylic acid groups (broad SMARTS) is 1. The molecule has 0 saturated heterocycles. The minimum atomic E-state index is -1.04. The van der Waals surface area contributed by atoms with E-state index in [0.717, 1.165) is 0 Å². The summed E-state index contributed by atoms with van der Waals surface area (Å²) >= 11 is 0. The molecule has 0 radical (unpaired) electrons. The molecule has 1 N–H and O–H groups in total. The Morgan fingerprint density at radius 3 is 2.69 bits per heavy atom. The standard InChI is InChI=1S/C12H9NO3/c1-7-10(6-14)13-9-5-3-2-4-8(9)11(7)12(15)16/h2-6H,1H3,(H,15,16). The van der Waals surface area contributed by atoms with Crippen LogP contribution >= 0.6 is 0 Å². The highest BCUT2D eigenvalue weighted by molar-refractivity contribution is 6.05. The molecule has 2 aromatic rings. The third kappa shape index (κ3) is 1.44. The van der Waals surface area contributed by atoms with Gasteiger partial charge in [0.25, 0.3) is 0 Å². The summed E-state index contributed by atoms with van der Waals surface area (Å²) in [5.41, 5.74) is 1.25. The first-order chi connectivity index (χ1) is 7.65. The molecule has 0 unspecified atom stereocenters. The molecule has 16 heavy (non-hydrogen) atoms. The van der Waals surface area contributed by atoms with E-state index in [9.17, 15) is 9.59 Å². The molecule has 0 spiro atoms. The predicted octanol–water partition coefficient (Wildman–Crippen LogP) is 2.05. The third-order valence-corrected chi connectivity index (χ3v) is 2.50. The minimum Gasteiger partial charge on any atom is -0.478 e. The normalized spacial score (nSPS) is 10.3. The van der Waals surface area contributed by atoms with Crippen LogP contribution in [0.2, 0.25) is 0 Å². The first-order valence-electron chi connectivity index (χ1n) is 4.73. The molecule has 0 aliphatic carbocycles. The second kappa shape index (κ2) is 3.73. The highest BCUT2D eigenvalue weighted by Gasteiger charge is 2.16. The van der Waals surface area contributed by atoms with Crippen molar-refractivity contribution in [3.05, 3.63) is 41.1 Å². The molecule has 0 bridgehead atoms. The molecule has 0 amide bonds. The summed E-state index contributed by atoms with van der Waals surface area (Å²) in [5.74, 6) is -1.04. The van der Waals surface area contributed by atoms with E-state index in [0.29, 0.717) is 22.8 Å². The van der Waals surface area contributed by atoms with E-state index >= 15 is 0 Å². The summed E-state index contributed by atoms with van der Waals surface area (Å²) in [6, 6.07) is 6.88. The largest absolute Gasteiger partial charge is 0.478 e. The van der Waals surface area contributed by atoms with E-state index in [2.05, 4.69) is 4.98 Å². The van der Waals surface area contributed by atoms with E-state index in [1.54, 1.807) is 31.2 Å². The molecule has 0 atom stereocenters. The molecular formula is C12H9NO3. The fourth-order valence-corrected chi connectivity index (χ4v) is 1.72. The van der Waals surface area contributed by atoms with Crippen molar-refractivity contribution in [3.8, 4) is 0 Å². The van der Waals surface area contributed by atoms with E-state index in [1.807, 2.05) is 0 Å². The lowest BCUT2D eigenvalue weighted by atomic mass is 10.0. The number of benzene rings is 1. The van der Waals surface area contributed by atoms with Crippen LogP contribution in [0, 0.1) is 6.92 Å². The van der Waals surface area contributed by atoms with Crippen LogP contribution in [0.3, 0.4) is 0 Å². The summed E-state index contributed by atoms with van der Waals surface area (Å²) in [6.45, 7) is 1.59. The maximum absolute atomic E-state index is 11.2. The number of rotatable bonds is 2. The van der Waals surface area contributed by atoms with Crippen molar-refractivity contribution < 1.29 is 14.7 Å². The molecule has 4 nitrogen and oxygen atoms in total. The highest BCUT2D eigenvalue weighted by atomic mass is 16.4. The zero-order valence-electron chi connectivity index (χ0n) is 8.60. The first kappa shape index (κ1) is 10.3. The number of nitrogens with zero attached hydrogens (tertiary/aromatic N) is 1. The number of aromatic nitrogens is 1. The van der Waals surface area contributed by atoms with Crippen molar-refractivity contribution in [2.24, 2.45) is 0 Å². The molecular weight excluding hydrogens is 206 g/mol. The molecule has 0 fully saturated rings. The number of para-hydroxylation sites is 1. The van der Waals surface area contributed by atoms with Crippen molar-refractivity contribution in [1.29, 1.82) is 0 Å². The van der Waals surface area contributed by atoms with E-state index in [1.165, 1.54) is 0 Å². The van der Waals surface area contributed by atoms with Gasteiger partial charge in [0.15, 0.2) is 6.29 Å². The fraction of sp³-hybridized carbons (Fsp3) is 0.0833. The van der Waals surface area contributed by atoms with Crippen LogP contribution < -0.4 is 0 Å². The predicted molar refractivity (Wildman–Crippen MR) is 58.8 cm³/mol.